The summed E-state index contributed by atoms with van der Waals surface area (Å²) >= 11 is 0. The molecule has 0 spiro atoms. The van der Waals surface area contributed by atoms with Gasteiger partial charge in [0.1, 0.15) is 5.82 Å². The SMILES string of the molecule is Cc1cc(N2CCC(C(=O)O)CC2)nc(N2CCc3ccccc3C2)n1. The largest absolute Gasteiger partial charge is 0.481 e. The molecule has 0 radical (unpaired) electrons. The van der Waals surface area contributed by atoms with Crippen molar-refractivity contribution in [3.05, 3.63) is 47.2 Å². The summed E-state index contributed by atoms with van der Waals surface area (Å²) in [6.45, 7) is 5.21. The van der Waals surface area contributed by atoms with Gasteiger partial charge in [-0.15, -0.1) is 0 Å². The van der Waals surface area contributed by atoms with E-state index >= 15 is 0 Å². The number of nitrogens with zero attached hydrogens (tertiary/aromatic N) is 4. The smallest absolute Gasteiger partial charge is 0.306 e. The maximum absolute atomic E-state index is 11.2. The Balaban J connectivity index is 1.53. The van der Waals surface area contributed by atoms with Crippen molar-refractivity contribution < 1.29 is 9.90 Å². The molecule has 4 rings (SSSR count). The predicted octanol–water partition coefficient (Wildman–Crippen LogP) is 2.65. The molecule has 3 heterocycles. The van der Waals surface area contributed by atoms with Gasteiger partial charge >= 0.3 is 5.97 Å². The van der Waals surface area contributed by atoms with Gasteiger partial charge in [0.05, 0.1) is 5.92 Å². The van der Waals surface area contributed by atoms with Gasteiger partial charge in [0, 0.05) is 37.9 Å². The number of rotatable bonds is 3. The Labute approximate surface area is 153 Å². The summed E-state index contributed by atoms with van der Waals surface area (Å²) in [6, 6.07) is 10.5. The first-order valence-electron chi connectivity index (χ1n) is 9.25. The lowest BCUT2D eigenvalue weighted by Gasteiger charge is -2.33. The molecule has 1 aromatic heterocycles. The lowest BCUT2D eigenvalue weighted by atomic mass is 9.97. The molecule has 2 aliphatic rings. The number of anilines is 2. The van der Waals surface area contributed by atoms with Gasteiger partial charge in [-0.3, -0.25) is 4.79 Å². The van der Waals surface area contributed by atoms with Crippen molar-refractivity contribution in [3.8, 4) is 0 Å². The average molecular weight is 352 g/mol. The van der Waals surface area contributed by atoms with Gasteiger partial charge < -0.3 is 14.9 Å². The second-order valence-electron chi connectivity index (χ2n) is 7.21. The fraction of sp³-hybridized carbons (Fsp3) is 0.450. The van der Waals surface area contributed by atoms with E-state index < -0.39 is 5.97 Å². The molecule has 6 heteroatoms. The van der Waals surface area contributed by atoms with E-state index in [4.69, 9.17) is 4.98 Å². The van der Waals surface area contributed by atoms with Crippen LogP contribution in [0.5, 0.6) is 0 Å². The predicted molar refractivity (Wildman–Crippen MR) is 101 cm³/mol. The number of aliphatic carboxylic acids is 1. The molecule has 0 amide bonds. The van der Waals surface area contributed by atoms with E-state index in [1.807, 2.05) is 13.0 Å². The molecule has 0 aliphatic carbocycles. The second kappa shape index (κ2) is 6.94. The second-order valence-corrected chi connectivity index (χ2v) is 7.21. The van der Waals surface area contributed by atoms with Gasteiger partial charge in [-0.05, 0) is 37.3 Å². The molecule has 2 aliphatic heterocycles. The zero-order valence-electron chi connectivity index (χ0n) is 15.1. The normalized spacial score (nSPS) is 17.9. The lowest BCUT2D eigenvalue weighted by molar-refractivity contribution is -0.142. The Bertz CT molecular complexity index is 815. The molecule has 0 bridgehead atoms. The summed E-state index contributed by atoms with van der Waals surface area (Å²) in [7, 11) is 0. The number of hydrogen-bond acceptors (Lipinski definition) is 5. The molecule has 26 heavy (non-hydrogen) atoms. The van der Waals surface area contributed by atoms with Gasteiger partial charge in [0.15, 0.2) is 0 Å². The van der Waals surface area contributed by atoms with E-state index in [1.165, 1.54) is 11.1 Å². The van der Waals surface area contributed by atoms with E-state index in [0.717, 1.165) is 50.1 Å². The van der Waals surface area contributed by atoms with Gasteiger partial charge in [-0.25, -0.2) is 4.98 Å². The topological polar surface area (TPSA) is 69.6 Å². The minimum absolute atomic E-state index is 0.229. The van der Waals surface area contributed by atoms with Crippen molar-refractivity contribution >= 4 is 17.7 Å². The molecule has 2 aromatic rings. The lowest BCUT2D eigenvalue weighted by Crippen LogP contribution is -2.37. The number of benzene rings is 1. The van der Waals surface area contributed by atoms with Crippen LogP contribution in [0.15, 0.2) is 30.3 Å². The average Bonchev–Trinajstić information content (AvgIpc) is 2.67. The van der Waals surface area contributed by atoms with Gasteiger partial charge in [0.25, 0.3) is 0 Å². The van der Waals surface area contributed by atoms with Crippen LogP contribution in [0.25, 0.3) is 0 Å². The number of fused-ring (bicyclic) bond motifs is 1. The first-order valence-corrected chi connectivity index (χ1v) is 9.25. The van der Waals surface area contributed by atoms with Crippen molar-refractivity contribution in [2.24, 2.45) is 5.92 Å². The van der Waals surface area contributed by atoms with E-state index in [-0.39, 0.29) is 5.92 Å². The maximum Gasteiger partial charge on any atom is 0.306 e. The third kappa shape index (κ3) is 3.36. The van der Waals surface area contributed by atoms with Gasteiger partial charge in [-0.1, -0.05) is 24.3 Å². The Morgan fingerprint density at radius 3 is 2.54 bits per heavy atom. The molecule has 6 nitrogen and oxygen atoms in total. The number of carboxylic acids is 1. The van der Waals surface area contributed by atoms with Gasteiger partial charge in [-0.2, -0.15) is 4.98 Å². The van der Waals surface area contributed by atoms with Crippen LogP contribution in [0.4, 0.5) is 11.8 Å². The van der Waals surface area contributed by atoms with Crippen LogP contribution >= 0.6 is 0 Å². The highest BCUT2D eigenvalue weighted by molar-refractivity contribution is 5.70. The molecule has 0 unspecified atom stereocenters. The van der Waals surface area contributed by atoms with E-state index in [2.05, 4.69) is 39.0 Å². The number of carboxylic acid groups (broad SMARTS) is 1. The molecule has 1 fully saturated rings. The number of aromatic nitrogens is 2. The zero-order valence-corrected chi connectivity index (χ0v) is 15.1. The summed E-state index contributed by atoms with van der Waals surface area (Å²) in [5, 5.41) is 9.18. The van der Waals surface area contributed by atoms with Crippen molar-refractivity contribution in [3.63, 3.8) is 0 Å². The van der Waals surface area contributed by atoms with Crippen LogP contribution in [0, 0.1) is 12.8 Å². The number of carbonyl (C=O) groups is 1. The molecule has 1 N–H and O–H groups in total. The standard InChI is InChI=1S/C20H24N4O2/c1-14-12-18(23-9-7-16(8-10-23)19(25)26)22-20(21-14)24-11-6-15-4-2-3-5-17(15)13-24/h2-5,12,16H,6-11,13H2,1H3,(H,25,26). The summed E-state index contributed by atoms with van der Waals surface area (Å²) in [6.07, 6.45) is 2.35. The summed E-state index contributed by atoms with van der Waals surface area (Å²) < 4.78 is 0. The minimum Gasteiger partial charge on any atom is -0.481 e. The summed E-state index contributed by atoms with van der Waals surface area (Å²) in [4.78, 5) is 25.1. The van der Waals surface area contributed by atoms with E-state index in [0.29, 0.717) is 12.8 Å². The zero-order chi connectivity index (χ0) is 18.1. The molecule has 1 saturated heterocycles. The molecule has 0 saturated carbocycles. The van der Waals surface area contributed by atoms with Crippen LogP contribution in [-0.4, -0.2) is 40.7 Å². The highest BCUT2D eigenvalue weighted by Gasteiger charge is 2.26. The molecule has 136 valence electrons. The molecular formula is C20H24N4O2. The van der Waals surface area contributed by atoms with Crippen molar-refractivity contribution in [2.45, 2.75) is 32.7 Å². The highest BCUT2D eigenvalue weighted by Crippen LogP contribution is 2.26. The third-order valence-corrected chi connectivity index (χ3v) is 5.41. The number of piperidine rings is 1. The van der Waals surface area contributed by atoms with Crippen LogP contribution in [0.1, 0.15) is 29.7 Å². The van der Waals surface area contributed by atoms with Crippen molar-refractivity contribution in [1.82, 2.24) is 9.97 Å². The maximum atomic E-state index is 11.2. The van der Waals surface area contributed by atoms with Crippen molar-refractivity contribution in [2.75, 3.05) is 29.4 Å². The third-order valence-electron chi connectivity index (χ3n) is 5.41. The Hall–Kier alpha value is -2.63. The molecule has 1 aromatic carbocycles. The van der Waals surface area contributed by atoms with Crippen LogP contribution in [0.3, 0.4) is 0 Å². The first kappa shape index (κ1) is 16.8. The van der Waals surface area contributed by atoms with Crippen LogP contribution < -0.4 is 9.80 Å². The van der Waals surface area contributed by atoms with Crippen molar-refractivity contribution in [1.29, 1.82) is 0 Å². The van der Waals surface area contributed by atoms with E-state index in [9.17, 15) is 9.90 Å². The van der Waals surface area contributed by atoms with Gasteiger partial charge in [0.2, 0.25) is 5.95 Å². The highest BCUT2D eigenvalue weighted by atomic mass is 16.4. The Kier molecular flexibility index (Phi) is 4.49. The minimum atomic E-state index is -0.684. The molecule has 0 atom stereocenters. The Morgan fingerprint density at radius 1 is 1.08 bits per heavy atom. The fourth-order valence-electron chi connectivity index (χ4n) is 3.86. The summed E-state index contributed by atoms with van der Waals surface area (Å²) in [5.74, 6) is 0.772. The monoisotopic (exact) mass is 352 g/mol. The molecular weight excluding hydrogens is 328 g/mol. The first-order chi connectivity index (χ1) is 12.6. The van der Waals surface area contributed by atoms with Crippen LogP contribution in [0.2, 0.25) is 0 Å². The quantitative estimate of drug-likeness (QED) is 0.916. The fourth-order valence-corrected chi connectivity index (χ4v) is 3.86. The number of aryl methyl sites for hydroxylation is 1. The van der Waals surface area contributed by atoms with Crippen LogP contribution in [-0.2, 0) is 17.8 Å². The van der Waals surface area contributed by atoms with E-state index in [1.54, 1.807) is 0 Å². The number of hydrogen-bond donors (Lipinski definition) is 1. The summed E-state index contributed by atoms with van der Waals surface area (Å²) in [5.41, 5.74) is 3.70. The Morgan fingerprint density at radius 2 is 1.81 bits per heavy atom.